The van der Waals surface area contributed by atoms with Gasteiger partial charge < -0.3 is 0 Å². The van der Waals surface area contributed by atoms with Crippen LogP contribution in [-0.2, 0) is 12.8 Å². The highest BCUT2D eigenvalue weighted by Gasteiger charge is 2.15. The van der Waals surface area contributed by atoms with Crippen molar-refractivity contribution in [3.8, 4) is 5.69 Å². The van der Waals surface area contributed by atoms with Crippen LogP contribution in [0.4, 0.5) is 0 Å². The van der Waals surface area contributed by atoms with E-state index in [0.29, 0.717) is 0 Å². The first kappa shape index (κ1) is 17.6. The van der Waals surface area contributed by atoms with Gasteiger partial charge in [0.25, 0.3) is 0 Å². The van der Waals surface area contributed by atoms with Crippen LogP contribution in [0.5, 0.6) is 0 Å². The zero-order valence-corrected chi connectivity index (χ0v) is 16.6. The summed E-state index contributed by atoms with van der Waals surface area (Å²) in [5, 5.41) is 4.80. The lowest BCUT2D eigenvalue weighted by Crippen LogP contribution is -2.04. The predicted octanol–water partition coefficient (Wildman–Crippen LogP) is 4.83. The molecule has 0 unspecified atom stereocenters. The first-order chi connectivity index (χ1) is 13.1. The lowest BCUT2D eigenvalue weighted by molar-refractivity contribution is 0.798. The molecule has 27 heavy (non-hydrogen) atoms. The van der Waals surface area contributed by atoms with Gasteiger partial charge in [0.2, 0.25) is 0 Å². The topological polar surface area (TPSA) is 43.6 Å². The Morgan fingerprint density at radius 1 is 1.00 bits per heavy atom. The number of rotatable bonds is 5. The third-order valence-corrected chi connectivity index (χ3v) is 5.59. The molecule has 0 saturated carbocycles. The molecule has 3 aromatic heterocycles. The van der Waals surface area contributed by atoms with E-state index in [4.69, 9.17) is 10.1 Å². The molecule has 4 rings (SSSR count). The normalized spacial score (nSPS) is 11.1. The van der Waals surface area contributed by atoms with E-state index < -0.39 is 0 Å². The second-order valence-electron chi connectivity index (χ2n) is 6.84. The molecule has 0 spiro atoms. The number of hydrogen-bond acceptors (Lipinski definition) is 4. The molecular weight excluding hydrogens is 352 g/mol. The van der Waals surface area contributed by atoms with Crippen LogP contribution in [0.3, 0.4) is 0 Å². The number of hydrogen-bond donors (Lipinski definition) is 0. The molecule has 0 radical (unpaired) electrons. The highest BCUT2D eigenvalue weighted by molar-refractivity contribution is 7.12. The van der Waals surface area contributed by atoms with Crippen molar-refractivity contribution in [1.29, 1.82) is 0 Å². The lowest BCUT2D eigenvalue weighted by Gasteiger charge is -2.05. The Kier molecular flexibility index (Phi) is 4.86. The third-order valence-electron chi connectivity index (χ3n) is 4.58. The maximum Gasteiger partial charge on any atom is 0.155 e. The van der Waals surface area contributed by atoms with E-state index in [1.54, 1.807) is 6.20 Å². The maximum atomic E-state index is 4.88. The first-order valence-electron chi connectivity index (χ1n) is 9.05. The molecule has 0 aliphatic carbocycles. The predicted molar refractivity (Wildman–Crippen MR) is 110 cm³/mol. The van der Waals surface area contributed by atoms with Gasteiger partial charge in [-0.3, -0.25) is 4.98 Å². The standard InChI is InChI=1S/C22H22N4S/c1-15-6-8-18(9-7-15)12-21-24-22(13-19-11-16(2)27-17(19)3)26(25-21)20-5-4-10-23-14-20/h4-11,14H,12-13H2,1-3H3. The van der Waals surface area contributed by atoms with Crippen LogP contribution in [0.25, 0.3) is 5.69 Å². The average Bonchev–Trinajstić information content (AvgIpc) is 3.20. The highest BCUT2D eigenvalue weighted by atomic mass is 32.1. The summed E-state index contributed by atoms with van der Waals surface area (Å²) in [6.45, 7) is 6.42. The van der Waals surface area contributed by atoms with Crippen LogP contribution in [-0.4, -0.2) is 19.7 Å². The highest BCUT2D eigenvalue weighted by Crippen LogP contribution is 2.24. The molecule has 0 N–H and O–H groups in total. The monoisotopic (exact) mass is 374 g/mol. The second-order valence-corrected chi connectivity index (χ2v) is 8.31. The summed E-state index contributed by atoms with van der Waals surface area (Å²) in [5.41, 5.74) is 4.74. The molecule has 5 heteroatoms. The quantitative estimate of drug-likeness (QED) is 0.502. The van der Waals surface area contributed by atoms with Crippen molar-refractivity contribution in [2.75, 3.05) is 0 Å². The summed E-state index contributed by atoms with van der Waals surface area (Å²) < 4.78 is 1.93. The van der Waals surface area contributed by atoms with Crippen LogP contribution in [0, 0.1) is 20.8 Å². The van der Waals surface area contributed by atoms with Crippen molar-refractivity contribution in [2.45, 2.75) is 33.6 Å². The minimum atomic E-state index is 0.724. The molecule has 0 aliphatic rings. The molecule has 0 saturated heterocycles. The van der Waals surface area contributed by atoms with Crippen LogP contribution < -0.4 is 0 Å². The summed E-state index contributed by atoms with van der Waals surface area (Å²) in [6, 6.07) is 14.8. The van der Waals surface area contributed by atoms with Crippen LogP contribution in [0.1, 0.15) is 38.1 Å². The summed E-state index contributed by atoms with van der Waals surface area (Å²) in [5.74, 6) is 1.79. The van der Waals surface area contributed by atoms with E-state index in [0.717, 1.165) is 30.2 Å². The number of pyridine rings is 1. The molecular formula is C22H22N4S. The van der Waals surface area contributed by atoms with Gasteiger partial charge in [0.15, 0.2) is 5.82 Å². The molecule has 3 heterocycles. The van der Waals surface area contributed by atoms with Gasteiger partial charge >= 0.3 is 0 Å². The number of benzene rings is 1. The Morgan fingerprint density at radius 2 is 1.81 bits per heavy atom. The van der Waals surface area contributed by atoms with Crippen molar-refractivity contribution in [1.82, 2.24) is 19.7 Å². The van der Waals surface area contributed by atoms with Crippen molar-refractivity contribution in [2.24, 2.45) is 0 Å². The summed E-state index contributed by atoms with van der Waals surface area (Å²) in [4.78, 5) is 11.8. The van der Waals surface area contributed by atoms with Gasteiger partial charge in [0, 0.05) is 28.8 Å². The van der Waals surface area contributed by atoms with E-state index in [9.17, 15) is 0 Å². The Hall–Kier alpha value is -2.79. The summed E-state index contributed by atoms with van der Waals surface area (Å²) in [6.07, 6.45) is 5.10. The average molecular weight is 375 g/mol. The lowest BCUT2D eigenvalue weighted by atomic mass is 10.1. The Labute approximate surface area is 163 Å². The fourth-order valence-electron chi connectivity index (χ4n) is 3.18. The minimum absolute atomic E-state index is 0.724. The van der Waals surface area contributed by atoms with Gasteiger partial charge in [-0.15, -0.1) is 11.3 Å². The van der Waals surface area contributed by atoms with Gasteiger partial charge in [-0.1, -0.05) is 29.8 Å². The van der Waals surface area contributed by atoms with E-state index in [1.807, 2.05) is 34.3 Å². The molecule has 136 valence electrons. The van der Waals surface area contributed by atoms with Crippen LogP contribution in [0.2, 0.25) is 0 Å². The number of aryl methyl sites for hydroxylation is 3. The van der Waals surface area contributed by atoms with E-state index in [2.05, 4.69) is 56.1 Å². The smallest absolute Gasteiger partial charge is 0.155 e. The van der Waals surface area contributed by atoms with Gasteiger partial charge in [0.05, 0.1) is 11.9 Å². The van der Waals surface area contributed by atoms with E-state index in [1.165, 1.54) is 26.4 Å². The molecule has 4 nitrogen and oxygen atoms in total. The molecule has 0 fully saturated rings. The molecule has 4 aromatic rings. The Balaban J connectivity index is 1.70. The zero-order valence-electron chi connectivity index (χ0n) is 15.8. The largest absolute Gasteiger partial charge is 0.262 e. The molecule has 0 atom stereocenters. The van der Waals surface area contributed by atoms with Crippen molar-refractivity contribution in [3.63, 3.8) is 0 Å². The molecule has 0 bridgehead atoms. The third kappa shape index (κ3) is 3.98. The SMILES string of the molecule is Cc1ccc(Cc2nc(Cc3cc(C)sc3C)n(-c3cccnc3)n2)cc1. The van der Waals surface area contributed by atoms with Crippen molar-refractivity contribution < 1.29 is 0 Å². The Morgan fingerprint density at radius 3 is 2.48 bits per heavy atom. The summed E-state index contributed by atoms with van der Waals surface area (Å²) >= 11 is 1.83. The van der Waals surface area contributed by atoms with Gasteiger partial charge in [0.1, 0.15) is 5.82 Å². The van der Waals surface area contributed by atoms with Crippen LogP contribution >= 0.6 is 11.3 Å². The number of aromatic nitrogens is 4. The molecule has 1 aromatic carbocycles. The first-order valence-corrected chi connectivity index (χ1v) is 9.87. The minimum Gasteiger partial charge on any atom is -0.262 e. The fraction of sp³-hybridized carbons (Fsp3) is 0.227. The maximum absolute atomic E-state index is 4.88. The van der Waals surface area contributed by atoms with E-state index >= 15 is 0 Å². The summed E-state index contributed by atoms with van der Waals surface area (Å²) in [7, 11) is 0. The second kappa shape index (κ2) is 7.45. The van der Waals surface area contributed by atoms with Gasteiger partial charge in [-0.25, -0.2) is 9.67 Å². The number of nitrogens with zero attached hydrogens (tertiary/aromatic N) is 4. The molecule has 0 aliphatic heterocycles. The van der Waals surface area contributed by atoms with Crippen molar-refractivity contribution >= 4 is 11.3 Å². The van der Waals surface area contributed by atoms with Crippen LogP contribution in [0.15, 0.2) is 54.9 Å². The van der Waals surface area contributed by atoms with Gasteiger partial charge in [-0.2, -0.15) is 5.10 Å². The molecule has 0 amide bonds. The fourth-order valence-corrected chi connectivity index (χ4v) is 4.13. The van der Waals surface area contributed by atoms with Crippen molar-refractivity contribution in [3.05, 3.63) is 93.0 Å². The van der Waals surface area contributed by atoms with Gasteiger partial charge in [-0.05, 0) is 50.1 Å². The Bertz CT molecular complexity index is 1050. The number of thiophene rings is 1. The zero-order chi connectivity index (χ0) is 18.8. The van der Waals surface area contributed by atoms with E-state index in [-0.39, 0.29) is 0 Å².